The number of hydrogen-bond donors (Lipinski definition) is 1. The molecule has 0 N–H and O–H groups in total. The minimum absolute atomic E-state index is 0.323. The highest BCUT2D eigenvalue weighted by Crippen LogP contribution is 2.27. The molecule has 0 aliphatic carbocycles. The van der Waals surface area contributed by atoms with Gasteiger partial charge in [0.05, 0.1) is 6.61 Å². The molecule has 17 heavy (non-hydrogen) atoms. The highest BCUT2D eigenvalue weighted by molar-refractivity contribution is 7.80. The van der Waals surface area contributed by atoms with Gasteiger partial charge in [-0.1, -0.05) is 34.6 Å². The van der Waals surface area contributed by atoms with Gasteiger partial charge in [-0.25, -0.2) is 0 Å². The lowest BCUT2D eigenvalue weighted by Crippen LogP contribution is -2.40. The summed E-state index contributed by atoms with van der Waals surface area (Å²) in [5.41, 5.74) is 0.323. The molecular formula is C14H31NOS. The summed E-state index contributed by atoms with van der Waals surface area (Å²) >= 11 is 4.51. The normalized spacial score (nSPS) is 14.6. The van der Waals surface area contributed by atoms with Crippen LogP contribution in [0.3, 0.4) is 0 Å². The molecule has 0 aromatic carbocycles. The SMILES string of the molecule is COCCN(CC(C)C)CC(CS)C(C)(C)C. The van der Waals surface area contributed by atoms with E-state index in [9.17, 15) is 0 Å². The standard InChI is InChI=1S/C14H31NOS/c1-12(2)9-15(7-8-16-6)10-13(11-17)14(3,4)5/h12-13,17H,7-11H2,1-6H3. The van der Waals surface area contributed by atoms with E-state index in [0.717, 1.165) is 32.0 Å². The Kier molecular flexibility index (Phi) is 8.52. The van der Waals surface area contributed by atoms with Crippen LogP contribution < -0.4 is 0 Å². The van der Waals surface area contributed by atoms with Crippen LogP contribution in [0.5, 0.6) is 0 Å². The summed E-state index contributed by atoms with van der Waals surface area (Å²) in [6.07, 6.45) is 0. The molecule has 2 nitrogen and oxygen atoms in total. The van der Waals surface area contributed by atoms with E-state index in [-0.39, 0.29) is 0 Å². The molecule has 0 spiro atoms. The highest BCUT2D eigenvalue weighted by atomic mass is 32.1. The Bertz CT molecular complexity index is 189. The van der Waals surface area contributed by atoms with Crippen LogP contribution in [0, 0.1) is 17.3 Å². The van der Waals surface area contributed by atoms with E-state index in [4.69, 9.17) is 4.74 Å². The average Bonchev–Trinajstić information content (AvgIpc) is 2.19. The molecule has 1 atom stereocenters. The van der Waals surface area contributed by atoms with Gasteiger partial charge in [-0.3, -0.25) is 0 Å². The van der Waals surface area contributed by atoms with Gasteiger partial charge in [-0.2, -0.15) is 12.6 Å². The van der Waals surface area contributed by atoms with Gasteiger partial charge in [-0.15, -0.1) is 0 Å². The molecule has 0 rings (SSSR count). The molecule has 0 aliphatic heterocycles. The first-order valence-corrected chi connectivity index (χ1v) is 7.26. The van der Waals surface area contributed by atoms with Gasteiger partial charge in [0.2, 0.25) is 0 Å². The van der Waals surface area contributed by atoms with Crippen LogP contribution in [0.15, 0.2) is 0 Å². The van der Waals surface area contributed by atoms with Gasteiger partial charge in [-0.05, 0) is 23.0 Å². The summed E-state index contributed by atoms with van der Waals surface area (Å²) in [5, 5.41) is 0. The summed E-state index contributed by atoms with van der Waals surface area (Å²) < 4.78 is 5.19. The maximum Gasteiger partial charge on any atom is 0.0589 e. The average molecular weight is 261 g/mol. The number of thiol groups is 1. The van der Waals surface area contributed by atoms with Gasteiger partial charge >= 0.3 is 0 Å². The molecular weight excluding hydrogens is 230 g/mol. The largest absolute Gasteiger partial charge is 0.383 e. The fourth-order valence-corrected chi connectivity index (χ4v) is 2.57. The second-order valence-electron chi connectivity index (χ2n) is 6.39. The Balaban J connectivity index is 4.37. The molecule has 104 valence electrons. The van der Waals surface area contributed by atoms with Crippen molar-refractivity contribution >= 4 is 12.6 Å². The molecule has 0 bridgehead atoms. The second-order valence-corrected chi connectivity index (χ2v) is 6.76. The summed E-state index contributed by atoms with van der Waals surface area (Å²) in [4.78, 5) is 2.51. The molecule has 0 saturated carbocycles. The maximum absolute atomic E-state index is 5.19. The smallest absolute Gasteiger partial charge is 0.0589 e. The van der Waals surface area contributed by atoms with Crippen molar-refractivity contribution in [3.63, 3.8) is 0 Å². The molecule has 0 amide bonds. The third kappa shape index (κ3) is 8.06. The monoisotopic (exact) mass is 261 g/mol. The van der Waals surface area contributed by atoms with E-state index in [1.807, 2.05) is 0 Å². The van der Waals surface area contributed by atoms with Crippen LogP contribution in [0.4, 0.5) is 0 Å². The van der Waals surface area contributed by atoms with Crippen LogP contribution in [-0.4, -0.2) is 44.0 Å². The Morgan fingerprint density at radius 2 is 1.76 bits per heavy atom. The van der Waals surface area contributed by atoms with E-state index in [2.05, 4.69) is 52.1 Å². The lowest BCUT2D eigenvalue weighted by molar-refractivity contribution is 0.108. The van der Waals surface area contributed by atoms with Crippen LogP contribution in [-0.2, 0) is 4.74 Å². The van der Waals surface area contributed by atoms with Gasteiger partial charge in [0.15, 0.2) is 0 Å². The number of methoxy groups -OCH3 is 1. The first kappa shape index (κ1) is 17.3. The van der Waals surface area contributed by atoms with E-state index in [1.165, 1.54) is 0 Å². The number of rotatable bonds is 8. The van der Waals surface area contributed by atoms with Crippen molar-refractivity contribution < 1.29 is 4.74 Å². The van der Waals surface area contributed by atoms with E-state index < -0.39 is 0 Å². The molecule has 0 saturated heterocycles. The Morgan fingerprint density at radius 1 is 1.18 bits per heavy atom. The van der Waals surface area contributed by atoms with Gasteiger partial charge < -0.3 is 9.64 Å². The molecule has 0 aromatic heterocycles. The summed E-state index contributed by atoms with van der Waals surface area (Å²) in [6, 6.07) is 0. The quantitative estimate of drug-likeness (QED) is 0.674. The zero-order valence-corrected chi connectivity index (χ0v) is 13.4. The third-order valence-electron chi connectivity index (χ3n) is 3.16. The third-order valence-corrected chi connectivity index (χ3v) is 3.60. The predicted molar refractivity (Wildman–Crippen MR) is 80.0 cm³/mol. The maximum atomic E-state index is 5.19. The lowest BCUT2D eigenvalue weighted by atomic mass is 9.81. The van der Waals surface area contributed by atoms with E-state index >= 15 is 0 Å². The van der Waals surface area contributed by atoms with Crippen molar-refractivity contribution in [3.05, 3.63) is 0 Å². The van der Waals surface area contributed by atoms with Crippen molar-refractivity contribution in [2.45, 2.75) is 34.6 Å². The van der Waals surface area contributed by atoms with E-state index in [0.29, 0.717) is 17.3 Å². The first-order chi connectivity index (χ1) is 7.81. The predicted octanol–water partition coefficient (Wildman–Crippen LogP) is 3.18. The van der Waals surface area contributed by atoms with Crippen molar-refractivity contribution in [1.29, 1.82) is 0 Å². The Hall–Kier alpha value is 0.270. The fraction of sp³-hybridized carbons (Fsp3) is 1.00. The minimum Gasteiger partial charge on any atom is -0.383 e. The first-order valence-electron chi connectivity index (χ1n) is 6.63. The van der Waals surface area contributed by atoms with Crippen LogP contribution in [0.1, 0.15) is 34.6 Å². The van der Waals surface area contributed by atoms with E-state index in [1.54, 1.807) is 7.11 Å². The highest BCUT2D eigenvalue weighted by Gasteiger charge is 2.25. The number of ether oxygens (including phenoxy) is 1. The topological polar surface area (TPSA) is 12.5 Å². The van der Waals surface area contributed by atoms with Gasteiger partial charge in [0.1, 0.15) is 0 Å². The second kappa shape index (κ2) is 8.39. The summed E-state index contributed by atoms with van der Waals surface area (Å²) in [5.74, 6) is 2.28. The lowest BCUT2D eigenvalue weighted by Gasteiger charge is -2.35. The molecule has 1 unspecified atom stereocenters. The molecule has 0 aliphatic rings. The van der Waals surface area contributed by atoms with Crippen molar-refractivity contribution in [2.75, 3.05) is 39.1 Å². The Morgan fingerprint density at radius 3 is 2.12 bits per heavy atom. The van der Waals surface area contributed by atoms with Gasteiger partial charge in [0.25, 0.3) is 0 Å². The fourth-order valence-electron chi connectivity index (χ4n) is 1.91. The zero-order valence-electron chi connectivity index (χ0n) is 12.5. The molecule has 0 aromatic rings. The van der Waals surface area contributed by atoms with Crippen molar-refractivity contribution in [1.82, 2.24) is 4.90 Å². The molecule has 0 radical (unpaired) electrons. The van der Waals surface area contributed by atoms with Gasteiger partial charge in [0, 0.05) is 26.7 Å². The summed E-state index contributed by atoms with van der Waals surface area (Å²) in [7, 11) is 1.77. The number of hydrogen-bond acceptors (Lipinski definition) is 3. The molecule has 0 fully saturated rings. The van der Waals surface area contributed by atoms with Crippen molar-refractivity contribution in [2.24, 2.45) is 17.3 Å². The number of nitrogens with zero attached hydrogens (tertiary/aromatic N) is 1. The van der Waals surface area contributed by atoms with Crippen molar-refractivity contribution in [3.8, 4) is 0 Å². The van der Waals surface area contributed by atoms with Crippen LogP contribution >= 0.6 is 12.6 Å². The molecule has 0 heterocycles. The zero-order chi connectivity index (χ0) is 13.5. The van der Waals surface area contributed by atoms with Crippen LogP contribution in [0.25, 0.3) is 0 Å². The minimum atomic E-state index is 0.323. The van der Waals surface area contributed by atoms with Crippen LogP contribution in [0.2, 0.25) is 0 Å². The summed E-state index contributed by atoms with van der Waals surface area (Å²) in [6.45, 7) is 15.6. The Labute approximate surface area is 114 Å². The molecule has 3 heteroatoms.